The van der Waals surface area contributed by atoms with Gasteiger partial charge in [0.2, 0.25) is 0 Å². The molecule has 0 bridgehead atoms. The molecule has 1 saturated carbocycles. The van der Waals surface area contributed by atoms with Gasteiger partial charge in [0.25, 0.3) is 0 Å². The van der Waals surface area contributed by atoms with Crippen LogP contribution >= 0.6 is 0 Å². The van der Waals surface area contributed by atoms with Crippen molar-refractivity contribution in [2.24, 2.45) is 5.41 Å². The first kappa shape index (κ1) is 15.0. The molecule has 0 radical (unpaired) electrons. The number of aromatic nitrogens is 2. The monoisotopic (exact) mass is 290 g/mol. The minimum Gasteiger partial charge on any atom is -0.314 e. The molecule has 0 spiro atoms. The van der Waals surface area contributed by atoms with E-state index >= 15 is 0 Å². The molecule has 1 saturated heterocycles. The lowest BCUT2D eigenvalue weighted by Crippen LogP contribution is -2.56. The number of piperazine rings is 1. The Kier molecular flexibility index (Phi) is 4.36. The molecular weight excluding hydrogens is 260 g/mol. The zero-order chi connectivity index (χ0) is 14.9. The molecule has 2 fully saturated rings. The highest BCUT2D eigenvalue weighted by atomic mass is 15.3. The van der Waals surface area contributed by atoms with Crippen LogP contribution in [-0.2, 0) is 6.54 Å². The van der Waals surface area contributed by atoms with E-state index in [4.69, 9.17) is 5.10 Å². The highest BCUT2D eigenvalue weighted by Crippen LogP contribution is 2.29. The first-order chi connectivity index (χ1) is 10.0. The van der Waals surface area contributed by atoms with Crippen molar-refractivity contribution in [1.29, 1.82) is 0 Å². The molecule has 2 heterocycles. The molecule has 2 aliphatic rings. The van der Waals surface area contributed by atoms with Gasteiger partial charge < -0.3 is 5.32 Å². The van der Waals surface area contributed by atoms with Crippen molar-refractivity contribution in [1.82, 2.24) is 20.0 Å². The molecule has 3 rings (SSSR count). The lowest BCUT2D eigenvalue weighted by molar-refractivity contribution is 0.0676. The maximum Gasteiger partial charge on any atom is 0.0765 e. The highest BCUT2D eigenvalue weighted by molar-refractivity contribution is 5.02. The molecule has 1 aliphatic carbocycles. The Balaban J connectivity index is 1.67. The molecule has 21 heavy (non-hydrogen) atoms. The average Bonchev–Trinajstić information content (AvgIpc) is 3.08. The van der Waals surface area contributed by atoms with Gasteiger partial charge in [-0.3, -0.25) is 9.58 Å². The van der Waals surface area contributed by atoms with Crippen molar-refractivity contribution in [2.45, 2.75) is 65.1 Å². The van der Waals surface area contributed by atoms with Gasteiger partial charge in [0.1, 0.15) is 0 Å². The van der Waals surface area contributed by atoms with Crippen LogP contribution in [0.2, 0.25) is 0 Å². The summed E-state index contributed by atoms with van der Waals surface area (Å²) in [5.41, 5.74) is 1.54. The Labute approximate surface area is 128 Å². The van der Waals surface area contributed by atoms with E-state index in [9.17, 15) is 0 Å². The summed E-state index contributed by atoms with van der Waals surface area (Å²) in [5.74, 6) is 0. The molecule has 1 aromatic heterocycles. The highest BCUT2D eigenvalue weighted by Gasteiger charge is 2.32. The van der Waals surface area contributed by atoms with Crippen LogP contribution in [0.5, 0.6) is 0 Å². The predicted molar refractivity (Wildman–Crippen MR) is 86.3 cm³/mol. The summed E-state index contributed by atoms with van der Waals surface area (Å²) in [6.45, 7) is 11.3. The Bertz CT molecular complexity index is 454. The van der Waals surface area contributed by atoms with Crippen LogP contribution in [0.15, 0.2) is 12.3 Å². The number of nitrogens with one attached hydrogen (secondary N) is 1. The zero-order valence-corrected chi connectivity index (χ0v) is 13.8. The number of hydrogen-bond donors (Lipinski definition) is 1. The molecule has 4 heteroatoms. The van der Waals surface area contributed by atoms with Gasteiger partial charge in [0.15, 0.2) is 0 Å². The fourth-order valence-corrected chi connectivity index (χ4v) is 3.83. The predicted octanol–water partition coefficient (Wildman–Crippen LogP) is 2.82. The maximum atomic E-state index is 4.86. The first-order valence-electron chi connectivity index (χ1n) is 8.53. The summed E-state index contributed by atoms with van der Waals surface area (Å²) >= 11 is 0. The van der Waals surface area contributed by atoms with Gasteiger partial charge in [-0.25, -0.2) is 0 Å². The van der Waals surface area contributed by atoms with E-state index in [1.54, 1.807) is 0 Å². The third-order valence-corrected chi connectivity index (χ3v) is 5.08. The van der Waals surface area contributed by atoms with Gasteiger partial charge in [-0.05, 0) is 24.3 Å². The summed E-state index contributed by atoms with van der Waals surface area (Å²) in [4.78, 5) is 2.61. The van der Waals surface area contributed by atoms with Crippen LogP contribution in [0, 0.1) is 5.41 Å². The van der Waals surface area contributed by atoms with Crippen LogP contribution in [0.3, 0.4) is 0 Å². The molecule has 0 amide bonds. The Hall–Kier alpha value is -0.870. The molecule has 1 atom stereocenters. The van der Waals surface area contributed by atoms with Crippen LogP contribution in [-0.4, -0.2) is 40.4 Å². The van der Waals surface area contributed by atoms with Gasteiger partial charge in [0.05, 0.1) is 11.7 Å². The normalized spacial score (nSPS) is 25.6. The minimum absolute atomic E-state index is 0.307. The molecule has 4 nitrogen and oxygen atoms in total. The van der Waals surface area contributed by atoms with Crippen molar-refractivity contribution in [3.05, 3.63) is 18.0 Å². The molecule has 0 aromatic carbocycles. The van der Waals surface area contributed by atoms with E-state index in [1.165, 1.54) is 31.4 Å². The third-order valence-electron chi connectivity index (χ3n) is 5.08. The lowest BCUT2D eigenvalue weighted by Gasteiger charge is -2.43. The molecule has 1 aromatic rings. The third kappa shape index (κ3) is 3.49. The first-order valence-corrected chi connectivity index (χ1v) is 8.53. The van der Waals surface area contributed by atoms with Crippen LogP contribution < -0.4 is 5.32 Å². The standard InChI is InChI=1S/C17H30N4/c1-17(2,3)16-12-18-9-11-20(16)13-14-8-10-21(19-14)15-6-4-5-7-15/h8,10,15-16,18H,4-7,9,11-13H2,1-3H3. The smallest absolute Gasteiger partial charge is 0.0765 e. The summed E-state index contributed by atoms with van der Waals surface area (Å²) < 4.78 is 2.22. The Morgan fingerprint density at radius 3 is 2.76 bits per heavy atom. The largest absolute Gasteiger partial charge is 0.314 e. The molecule has 1 unspecified atom stereocenters. The van der Waals surface area contributed by atoms with E-state index in [0.717, 1.165) is 26.2 Å². The minimum atomic E-state index is 0.307. The van der Waals surface area contributed by atoms with E-state index in [2.05, 4.69) is 47.9 Å². The van der Waals surface area contributed by atoms with Crippen molar-refractivity contribution in [3.63, 3.8) is 0 Å². The maximum absolute atomic E-state index is 4.86. The molecule has 1 aliphatic heterocycles. The lowest BCUT2D eigenvalue weighted by atomic mass is 9.84. The van der Waals surface area contributed by atoms with Crippen molar-refractivity contribution in [3.8, 4) is 0 Å². The van der Waals surface area contributed by atoms with E-state index in [1.807, 2.05) is 0 Å². The zero-order valence-electron chi connectivity index (χ0n) is 13.8. The topological polar surface area (TPSA) is 33.1 Å². The summed E-state index contributed by atoms with van der Waals surface area (Å²) in [6.07, 6.45) is 7.53. The van der Waals surface area contributed by atoms with E-state index in [-0.39, 0.29) is 0 Å². The average molecular weight is 290 g/mol. The van der Waals surface area contributed by atoms with Crippen LogP contribution in [0.25, 0.3) is 0 Å². The fourth-order valence-electron chi connectivity index (χ4n) is 3.83. The van der Waals surface area contributed by atoms with E-state index < -0.39 is 0 Å². The second-order valence-corrected chi connectivity index (χ2v) is 7.78. The van der Waals surface area contributed by atoms with Gasteiger partial charge in [0, 0.05) is 38.4 Å². The summed E-state index contributed by atoms with van der Waals surface area (Å²) in [6, 6.07) is 3.46. The van der Waals surface area contributed by atoms with Crippen molar-refractivity contribution >= 4 is 0 Å². The van der Waals surface area contributed by atoms with Gasteiger partial charge >= 0.3 is 0 Å². The number of nitrogens with zero attached hydrogens (tertiary/aromatic N) is 3. The summed E-state index contributed by atoms with van der Waals surface area (Å²) in [7, 11) is 0. The van der Waals surface area contributed by atoms with Crippen molar-refractivity contribution < 1.29 is 0 Å². The Morgan fingerprint density at radius 2 is 2.05 bits per heavy atom. The van der Waals surface area contributed by atoms with Crippen LogP contribution in [0.1, 0.15) is 58.2 Å². The quantitative estimate of drug-likeness (QED) is 0.929. The number of hydrogen-bond acceptors (Lipinski definition) is 3. The van der Waals surface area contributed by atoms with Crippen molar-refractivity contribution in [2.75, 3.05) is 19.6 Å². The van der Waals surface area contributed by atoms with Crippen LogP contribution in [0.4, 0.5) is 0 Å². The van der Waals surface area contributed by atoms with Gasteiger partial charge in [-0.15, -0.1) is 0 Å². The second-order valence-electron chi connectivity index (χ2n) is 7.78. The SMILES string of the molecule is CC(C)(C)C1CNCCN1Cc1ccn(C2CCCC2)n1. The summed E-state index contributed by atoms with van der Waals surface area (Å²) in [5, 5.41) is 8.40. The molecule has 118 valence electrons. The second kappa shape index (κ2) is 6.09. The fraction of sp³-hybridized carbons (Fsp3) is 0.824. The number of rotatable bonds is 3. The van der Waals surface area contributed by atoms with E-state index in [0.29, 0.717) is 17.5 Å². The molecular formula is C17H30N4. The molecule has 1 N–H and O–H groups in total. The Morgan fingerprint density at radius 1 is 1.29 bits per heavy atom. The van der Waals surface area contributed by atoms with Gasteiger partial charge in [-0.2, -0.15) is 5.10 Å². The van der Waals surface area contributed by atoms with Gasteiger partial charge in [-0.1, -0.05) is 33.6 Å².